The highest BCUT2D eigenvalue weighted by atomic mass is 16.5. The zero-order valence-corrected chi connectivity index (χ0v) is 13.3. The molecule has 1 aliphatic heterocycles. The molecule has 1 aliphatic rings. The predicted molar refractivity (Wildman–Crippen MR) is 86.8 cm³/mol. The van der Waals surface area contributed by atoms with Gasteiger partial charge in [-0.05, 0) is 38.8 Å². The summed E-state index contributed by atoms with van der Waals surface area (Å²) in [5.74, 6) is 0.978. The molecule has 0 bridgehead atoms. The van der Waals surface area contributed by atoms with Crippen molar-refractivity contribution in [2.75, 3.05) is 13.1 Å². The number of rotatable bonds is 4. The Morgan fingerprint density at radius 2 is 1.86 bits per heavy atom. The van der Waals surface area contributed by atoms with Crippen molar-refractivity contribution in [3.8, 4) is 5.75 Å². The van der Waals surface area contributed by atoms with Crippen LogP contribution in [0.25, 0.3) is 0 Å². The maximum absolute atomic E-state index is 6.09. The zero-order chi connectivity index (χ0) is 15.4. The highest BCUT2D eigenvalue weighted by Crippen LogP contribution is 2.25. The van der Waals surface area contributed by atoms with Crippen molar-refractivity contribution >= 4 is 0 Å². The fourth-order valence-electron chi connectivity index (χ4n) is 2.90. The molecule has 2 heterocycles. The van der Waals surface area contributed by atoms with Crippen LogP contribution in [0.1, 0.15) is 37.1 Å². The van der Waals surface area contributed by atoms with Gasteiger partial charge in [0.05, 0.1) is 11.7 Å². The normalized spacial score (nSPS) is 18.1. The van der Waals surface area contributed by atoms with E-state index in [1.165, 1.54) is 5.56 Å². The topological polar surface area (TPSA) is 38.2 Å². The fourth-order valence-corrected chi connectivity index (χ4v) is 2.90. The molecule has 0 radical (unpaired) electrons. The van der Waals surface area contributed by atoms with Crippen molar-refractivity contribution in [1.29, 1.82) is 0 Å². The molecule has 116 valence electrons. The first-order chi connectivity index (χ1) is 10.7. The number of likely N-dealkylation sites (tertiary alicyclic amines) is 1. The first-order valence-electron chi connectivity index (χ1n) is 7.95. The molecule has 1 aromatic heterocycles. The summed E-state index contributed by atoms with van der Waals surface area (Å²) in [5, 5.41) is 0. The second-order valence-electron chi connectivity index (χ2n) is 5.97. The Bertz CT molecular complexity index is 577. The van der Waals surface area contributed by atoms with E-state index in [4.69, 9.17) is 4.74 Å². The molecule has 2 aromatic rings. The maximum Gasteiger partial charge on any atom is 0.119 e. The average Bonchev–Trinajstić information content (AvgIpc) is 2.58. The van der Waals surface area contributed by atoms with E-state index in [9.17, 15) is 0 Å². The largest absolute Gasteiger partial charge is 0.490 e. The van der Waals surface area contributed by atoms with Gasteiger partial charge in [0.15, 0.2) is 0 Å². The molecule has 0 aliphatic carbocycles. The van der Waals surface area contributed by atoms with E-state index in [0.717, 1.165) is 37.4 Å². The van der Waals surface area contributed by atoms with Crippen LogP contribution in [-0.2, 0) is 0 Å². The molecule has 1 aromatic carbocycles. The summed E-state index contributed by atoms with van der Waals surface area (Å²) in [4.78, 5) is 11.0. The van der Waals surface area contributed by atoms with Gasteiger partial charge in [0, 0.05) is 31.7 Å². The second kappa shape index (κ2) is 6.88. The Balaban J connectivity index is 1.53. The van der Waals surface area contributed by atoms with Gasteiger partial charge in [-0.2, -0.15) is 0 Å². The molecule has 1 fully saturated rings. The van der Waals surface area contributed by atoms with E-state index in [-0.39, 0.29) is 0 Å². The molecule has 1 atom stereocenters. The monoisotopic (exact) mass is 297 g/mol. The Labute approximate surface area is 132 Å². The first-order valence-corrected chi connectivity index (χ1v) is 7.95. The van der Waals surface area contributed by atoms with Gasteiger partial charge < -0.3 is 4.74 Å². The quantitative estimate of drug-likeness (QED) is 0.867. The molecule has 0 N–H and O–H groups in total. The third kappa shape index (κ3) is 3.63. The van der Waals surface area contributed by atoms with Crippen LogP contribution in [0.2, 0.25) is 0 Å². The summed E-state index contributed by atoms with van der Waals surface area (Å²) in [6, 6.07) is 8.63. The van der Waals surface area contributed by atoms with E-state index in [0.29, 0.717) is 12.1 Å². The molecule has 4 nitrogen and oxygen atoms in total. The molecule has 3 rings (SSSR count). The van der Waals surface area contributed by atoms with Crippen molar-refractivity contribution in [1.82, 2.24) is 14.9 Å². The molecular formula is C18H23N3O. The number of hydrogen-bond donors (Lipinski definition) is 0. The maximum atomic E-state index is 6.09. The van der Waals surface area contributed by atoms with Gasteiger partial charge in [-0.3, -0.25) is 14.9 Å². The van der Waals surface area contributed by atoms with Crippen molar-refractivity contribution in [2.45, 2.75) is 38.8 Å². The number of ether oxygens (including phenoxy) is 1. The molecule has 4 heteroatoms. The van der Waals surface area contributed by atoms with E-state index in [1.807, 2.05) is 6.20 Å². The van der Waals surface area contributed by atoms with Gasteiger partial charge in [0.25, 0.3) is 0 Å². The minimum absolute atomic E-state index is 0.313. The van der Waals surface area contributed by atoms with Crippen LogP contribution in [0.5, 0.6) is 5.75 Å². The summed E-state index contributed by atoms with van der Waals surface area (Å²) in [7, 11) is 0. The van der Waals surface area contributed by atoms with E-state index >= 15 is 0 Å². The highest BCUT2D eigenvalue weighted by Gasteiger charge is 2.25. The molecule has 0 saturated carbocycles. The number of piperidine rings is 1. The third-order valence-corrected chi connectivity index (χ3v) is 4.36. The van der Waals surface area contributed by atoms with Crippen LogP contribution < -0.4 is 4.74 Å². The summed E-state index contributed by atoms with van der Waals surface area (Å²) in [6.07, 6.45) is 7.76. The number of nitrogens with zero attached hydrogens (tertiary/aromatic N) is 3. The standard InChI is InChI=1S/C18H23N3O/c1-14-3-5-16(6-4-14)22-17-7-11-21(12-8-17)15(2)18-13-19-9-10-20-18/h3-6,9-10,13,15,17H,7-8,11-12H2,1-2H3/t15-/m0/s1. The minimum Gasteiger partial charge on any atom is -0.490 e. The van der Waals surface area contributed by atoms with Crippen molar-refractivity contribution in [2.24, 2.45) is 0 Å². The Morgan fingerprint density at radius 3 is 2.50 bits per heavy atom. The summed E-state index contributed by atoms with van der Waals surface area (Å²) in [6.45, 7) is 6.36. The molecule has 0 unspecified atom stereocenters. The van der Waals surface area contributed by atoms with E-state index < -0.39 is 0 Å². The lowest BCUT2D eigenvalue weighted by molar-refractivity contribution is 0.0785. The number of benzene rings is 1. The average molecular weight is 297 g/mol. The van der Waals surface area contributed by atoms with Crippen molar-refractivity contribution < 1.29 is 4.74 Å². The fraction of sp³-hybridized carbons (Fsp3) is 0.444. The number of aromatic nitrogens is 2. The van der Waals surface area contributed by atoms with Crippen LogP contribution >= 0.6 is 0 Å². The van der Waals surface area contributed by atoms with Gasteiger partial charge in [-0.1, -0.05) is 17.7 Å². The van der Waals surface area contributed by atoms with E-state index in [2.05, 4.69) is 53.0 Å². The van der Waals surface area contributed by atoms with Gasteiger partial charge in [0.1, 0.15) is 11.9 Å². The van der Waals surface area contributed by atoms with Gasteiger partial charge in [-0.25, -0.2) is 0 Å². The number of hydrogen-bond acceptors (Lipinski definition) is 4. The van der Waals surface area contributed by atoms with Gasteiger partial charge in [0.2, 0.25) is 0 Å². The summed E-state index contributed by atoms with van der Waals surface area (Å²) >= 11 is 0. The van der Waals surface area contributed by atoms with E-state index in [1.54, 1.807) is 12.4 Å². The molecule has 22 heavy (non-hydrogen) atoms. The van der Waals surface area contributed by atoms with Gasteiger partial charge in [-0.15, -0.1) is 0 Å². The van der Waals surface area contributed by atoms with Crippen LogP contribution in [0.15, 0.2) is 42.9 Å². The SMILES string of the molecule is Cc1ccc(OC2CCN([C@@H](C)c3cnccn3)CC2)cc1. The summed E-state index contributed by atoms with van der Waals surface area (Å²) in [5.41, 5.74) is 2.31. The lowest BCUT2D eigenvalue weighted by Gasteiger charge is -2.35. The molecule has 0 spiro atoms. The van der Waals surface area contributed by atoms with Crippen molar-refractivity contribution in [3.05, 3.63) is 54.1 Å². The Kier molecular flexibility index (Phi) is 4.68. The van der Waals surface area contributed by atoms with Crippen LogP contribution in [0, 0.1) is 6.92 Å². The zero-order valence-electron chi connectivity index (χ0n) is 13.3. The van der Waals surface area contributed by atoms with Crippen LogP contribution in [0.3, 0.4) is 0 Å². The molecule has 0 amide bonds. The minimum atomic E-state index is 0.313. The van der Waals surface area contributed by atoms with Gasteiger partial charge >= 0.3 is 0 Å². The highest BCUT2D eigenvalue weighted by molar-refractivity contribution is 5.26. The first kappa shape index (κ1) is 15.0. The molecular weight excluding hydrogens is 274 g/mol. The molecule has 1 saturated heterocycles. The van der Waals surface area contributed by atoms with Crippen LogP contribution in [0.4, 0.5) is 0 Å². The lowest BCUT2D eigenvalue weighted by atomic mass is 10.0. The predicted octanol–water partition coefficient (Wildman–Crippen LogP) is 3.39. The van der Waals surface area contributed by atoms with Crippen LogP contribution in [-0.4, -0.2) is 34.1 Å². The smallest absolute Gasteiger partial charge is 0.119 e. The number of aryl methyl sites for hydroxylation is 1. The lowest BCUT2D eigenvalue weighted by Crippen LogP contribution is -2.39. The van der Waals surface area contributed by atoms with Crippen molar-refractivity contribution in [3.63, 3.8) is 0 Å². The second-order valence-corrected chi connectivity index (χ2v) is 5.97. The Morgan fingerprint density at radius 1 is 1.14 bits per heavy atom. The summed E-state index contributed by atoms with van der Waals surface area (Å²) < 4.78 is 6.09. The Hall–Kier alpha value is -1.94. The third-order valence-electron chi connectivity index (χ3n) is 4.36.